The Bertz CT molecular complexity index is 1110. The molecule has 1 aromatic carbocycles. The molecule has 1 aliphatic heterocycles. The Kier molecular flexibility index (Phi) is 6.66. The van der Waals surface area contributed by atoms with Crippen LogP contribution in [0, 0.1) is 17.2 Å². The maximum Gasteiger partial charge on any atom is 0.231 e. The molecule has 0 aliphatic carbocycles. The van der Waals surface area contributed by atoms with E-state index in [4.69, 9.17) is 11.0 Å². The van der Waals surface area contributed by atoms with E-state index in [1.807, 2.05) is 24.3 Å². The van der Waals surface area contributed by atoms with Crippen LogP contribution in [0.2, 0.25) is 0 Å². The van der Waals surface area contributed by atoms with Crippen LogP contribution in [0.25, 0.3) is 11.0 Å². The van der Waals surface area contributed by atoms with Crippen LogP contribution in [0.5, 0.6) is 0 Å². The van der Waals surface area contributed by atoms with E-state index in [2.05, 4.69) is 49.6 Å². The van der Waals surface area contributed by atoms with Crippen molar-refractivity contribution in [3.8, 4) is 6.07 Å². The molecule has 3 aromatic rings. The van der Waals surface area contributed by atoms with Crippen molar-refractivity contribution >= 4 is 22.8 Å². The number of carbonyl (C=O) groups excluding carboxylic acids is 1. The summed E-state index contributed by atoms with van der Waals surface area (Å²) in [5.74, 6) is 1.22. The highest BCUT2D eigenvalue weighted by Gasteiger charge is 2.22. The molecule has 2 aromatic heterocycles. The van der Waals surface area contributed by atoms with E-state index in [0.29, 0.717) is 18.0 Å². The van der Waals surface area contributed by atoms with E-state index in [1.165, 1.54) is 0 Å². The van der Waals surface area contributed by atoms with Gasteiger partial charge in [0.25, 0.3) is 0 Å². The number of amides is 1. The van der Waals surface area contributed by atoms with Gasteiger partial charge in [-0.1, -0.05) is 12.1 Å². The summed E-state index contributed by atoms with van der Waals surface area (Å²) in [6.45, 7) is 6.72. The maximum absolute atomic E-state index is 11.2. The van der Waals surface area contributed by atoms with Gasteiger partial charge in [-0.2, -0.15) is 5.26 Å². The average Bonchev–Trinajstić information content (AvgIpc) is 3.22. The predicted molar refractivity (Wildman–Crippen MR) is 124 cm³/mol. The molecular formula is C24H29N7O. The van der Waals surface area contributed by atoms with Crippen molar-refractivity contribution in [3.63, 3.8) is 0 Å². The third-order valence-corrected chi connectivity index (χ3v) is 6.21. The number of nitrogens with two attached hydrogens (primary N) is 1. The third-order valence-electron chi connectivity index (χ3n) is 6.21. The first-order chi connectivity index (χ1) is 15.6. The number of primary amides is 1. The van der Waals surface area contributed by atoms with Crippen LogP contribution < -0.4 is 10.6 Å². The van der Waals surface area contributed by atoms with Gasteiger partial charge in [0.15, 0.2) is 0 Å². The first kappa shape index (κ1) is 21.8. The summed E-state index contributed by atoms with van der Waals surface area (Å²) in [6, 6.07) is 12.0. The Morgan fingerprint density at radius 1 is 1.22 bits per heavy atom. The molecule has 32 heavy (non-hydrogen) atoms. The summed E-state index contributed by atoms with van der Waals surface area (Å²) in [4.78, 5) is 24.7. The van der Waals surface area contributed by atoms with Crippen LogP contribution in [-0.2, 0) is 17.9 Å². The Hall–Kier alpha value is -3.44. The van der Waals surface area contributed by atoms with E-state index in [1.54, 1.807) is 6.33 Å². The van der Waals surface area contributed by atoms with Crippen LogP contribution >= 0.6 is 0 Å². The number of benzene rings is 1. The second-order valence-electron chi connectivity index (χ2n) is 8.41. The van der Waals surface area contributed by atoms with Crippen molar-refractivity contribution in [2.24, 2.45) is 11.7 Å². The lowest BCUT2D eigenvalue weighted by atomic mass is 9.96. The molecule has 8 nitrogen and oxygen atoms in total. The maximum atomic E-state index is 11.2. The van der Waals surface area contributed by atoms with Gasteiger partial charge in [0.2, 0.25) is 5.91 Å². The van der Waals surface area contributed by atoms with Gasteiger partial charge in [-0.3, -0.25) is 9.69 Å². The van der Waals surface area contributed by atoms with Crippen LogP contribution in [0.1, 0.15) is 30.9 Å². The van der Waals surface area contributed by atoms with Crippen molar-refractivity contribution in [1.29, 1.82) is 5.26 Å². The fourth-order valence-corrected chi connectivity index (χ4v) is 4.46. The lowest BCUT2D eigenvalue weighted by Crippen LogP contribution is -2.40. The number of hydrogen-bond donors (Lipinski definition) is 1. The normalized spacial score (nSPS) is 15.0. The largest absolute Gasteiger partial charge is 0.369 e. The minimum absolute atomic E-state index is 0.259. The SMILES string of the molecule is CCN(Cc1ccc(C#N)cc1)c1ncnc2c1ccn2CC1CCN(CC(N)=O)CC1. The van der Waals surface area contributed by atoms with E-state index in [9.17, 15) is 4.79 Å². The summed E-state index contributed by atoms with van der Waals surface area (Å²) in [5, 5.41) is 10.1. The number of aromatic nitrogens is 3. The number of hydrogen-bond acceptors (Lipinski definition) is 6. The van der Waals surface area contributed by atoms with E-state index in [0.717, 1.165) is 68.0 Å². The van der Waals surface area contributed by atoms with E-state index in [-0.39, 0.29) is 5.91 Å². The Morgan fingerprint density at radius 2 is 1.97 bits per heavy atom. The standard InChI is InChI=1S/C24H29N7O/c1-2-30(14-19-5-3-18(13-25)4-6-19)23-21-9-12-31(24(21)28-17-27-23)15-20-7-10-29(11-8-20)16-22(26)32/h3-6,9,12,17,20H,2,7-8,10-11,14-16H2,1H3,(H2,26,32). The summed E-state index contributed by atoms with van der Waals surface area (Å²) >= 11 is 0. The van der Waals surface area contributed by atoms with Crippen LogP contribution in [0.15, 0.2) is 42.9 Å². The summed E-state index contributed by atoms with van der Waals surface area (Å²) < 4.78 is 2.23. The minimum Gasteiger partial charge on any atom is -0.369 e. The number of piperidine rings is 1. The van der Waals surface area contributed by atoms with Crippen molar-refractivity contribution in [2.75, 3.05) is 31.1 Å². The van der Waals surface area contributed by atoms with Crippen molar-refractivity contribution in [1.82, 2.24) is 19.4 Å². The molecule has 0 atom stereocenters. The smallest absolute Gasteiger partial charge is 0.231 e. The molecular weight excluding hydrogens is 402 g/mol. The summed E-state index contributed by atoms with van der Waals surface area (Å²) in [6.07, 6.45) is 5.84. The summed E-state index contributed by atoms with van der Waals surface area (Å²) in [7, 11) is 0. The topological polar surface area (TPSA) is 104 Å². The van der Waals surface area contributed by atoms with Crippen molar-refractivity contribution in [3.05, 3.63) is 54.0 Å². The molecule has 0 spiro atoms. The van der Waals surface area contributed by atoms with Crippen LogP contribution in [0.4, 0.5) is 5.82 Å². The Labute approximate surface area is 188 Å². The molecule has 2 N–H and O–H groups in total. The average molecular weight is 432 g/mol. The third kappa shape index (κ3) is 4.89. The molecule has 0 unspecified atom stereocenters. The molecule has 4 rings (SSSR count). The monoisotopic (exact) mass is 431 g/mol. The number of anilines is 1. The zero-order valence-corrected chi connectivity index (χ0v) is 18.4. The first-order valence-corrected chi connectivity index (χ1v) is 11.1. The molecule has 1 saturated heterocycles. The lowest BCUT2D eigenvalue weighted by molar-refractivity contribution is -0.119. The summed E-state index contributed by atoms with van der Waals surface area (Å²) in [5.41, 5.74) is 8.08. The molecule has 1 amide bonds. The number of carbonyl (C=O) groups is 1. The molecule has 1 fully saturated rings. The number of fused-ring (bicyclic) bond motifs is 1. The van der Waals surface area contributed by atoms with Gasteiger partial charge >= 0.3 is 0 Å². The number of nitriles is 1. The van der Waals surface area contributed by atoms with Gasteiger partial charge in [-0.15, -0.1) is 0 Å². The minimum atomic E-state index is -0.259. The van der Waals surface area contributed by atoms with E-state index >= 15 is 0 Å². The number of rotatable bonds is 8. The lowest BCUT2D eigenvalue weighted by Gasteiger charge is -2.31. The van der Waals surface area contributed by atoms with Crippen molar-refractivity contribution in [2.45, 2.75) is 32.9 Å². The quantitative estimate of drug-likeness (QED) is 0.588. The first-order valence-electron chi connectivity index (χ1n) is 11.1. The highest BCUT2D eigenvalue weighted by Crippen LogP contribution is 2.27. The van der Waals surface area contributed by atoms with E-state index < -0.39 is 0 Å². The van der Waals surface area contributed by atoms with Gasteiger partial charge in [0.1, 0.15) is 17.8 Å². The fourth-order valence-electron chi connectivity index (χ4n) is 4.46. The molecule has 3 heterocycles. The van der Waals surface area contributed by atoms with Gasteiger partial charge in [0.05, 0.1) is 23.6 Å². The molecule has 0 saturated carbocycles. The second-order valence-corrected chi connectivity index (χ2v) is 8.41. The van der Waals surface area contributed by atoms with Gasteiger partial charge in [0, 0.05) is 25.8 Å². The highest BCUT2D eigenvalue weighted by molar-refractivity contribution is 5.87. The van der Waals surface area contributed by atoms with Crippen LogP contribution in [-0.4, -0.2) is 51.5 Å². The highest BCUT2D eigenvalue weighted by atomic mass is 16.1. The Morgan fingerprint density at radius 3 is 2.62 bits per heavy atom. The zero-order chi connectivity index (χ0) is 22.5. The predicted octanol–water partition coefficient (Wildman–Crippen LogP) is 2.53. The van der Waals surface area contributed by atoms with Crippen molar-refractivity contribution < 1.29 is 4.79 Å². The van der Waals surface area contributed by atoms with Gasteiger partial charge in [-0.05, 0) is 62.5 Å². The Balaban J connectivity index is 1.48. The molecule has 0 bridgehead atoms. The number of likely N-dealkylation sites (tertiary alicyclic amines) is 1. The van der Waals surface area contributed by atoms with Gasteiger partial charge in [-0.25, -0.2) is 9.97 Å². The van der Waals surface area contributed by atoms with Gasteiger partial charge < -0.3 is 15.2 Å². The number of nitrogens with zero attached hydrogens (tertiary/aromatic N) is 6. The molecule has 8 heteroatoms. The molecule has 166 valence electrons. The molecule has 1 aliphatic rings. The fraction of sp³-hybridized carbons (Fsp3) is 0.417. The molecule has 0 radical (unpaired) electrons. The van der Waals surface area contributed by atoms with Crippen LogP contribution in [0.3, 0.4) is 0 Å². The zero-order valence-electron chi connectivity index (χ0n) is 18.4. The second kappa shape index (κ2) is 9.79.